The molecule has 7 heteroatoms. The van der Waals surface area contributed by atoms with Gasteiger partial charge in [-0.15, -0.1) is 0 Å². The molecule has 0 saturated heterocycles. The number of carbonyl (C=O) groups excluding carboxylic acids is 2. The number of hydrogen-bond donors (Lipinski definition) is 3. The van der Waals surface area contributed by atoms with Gasteiger partial charge in [0, 0.05) is 31.0 Å². The number of carbonyl (C=O) groups is 2. The molecule has 0 fully saturated rings. The quantitative estimate of drug-likeness (QED) is 0.566. The molecule has 2 aromatic carbocycles. The number of pyridine rings is 1. The van der Waals surface area contributed by atoms with E-state index in [9.17, 15) is 14.0 Å². The number of halogens is 1. The second-order valence-corrected chi connectivity index (χ2v) is 6.45. The molecular weight excluding hydrogens is 371 g/mol. The predicted octanol–water partition coefficient (Wildman–Crippen LogP) is 4.09. The Morgan fingerprint density at radius 3 is 2.34 bits per heavy atom. The van der Waals surface area contributed by atoms with Crippen LogP contribution in [0.3, 0.4) is 0 Å². The summed E-state index contributed by atoms with van der Waals surface area (Å²) in [4.78, 5) is 27.8. The van der Waals surface area contributed by atoms with Crippen molar-refractivity contribution in [1.82, 2.24) is 4.98 Å². The molecule has 148 valence electrons. The first-order valence-corrected chi connectivity index (χ1v) is 9.13. The number of aromatic nitrogens is 1. The van der Waals surface area contributed by atoms with Gasteiger partial charge in [-0.25, -0.2) is 9.37 Å². The average Bonchev–Trinajstić information content (AvgIpc) is 2.70. The number of hydrogen-bond acceptors (Lipinski definition) is 4. The van der Waals surface area contributed by atoms with Crippen molar-refractivity contribution >= 4 is 29.0 Å². The third-order valence-corrected chi connectivity index (χ3v) is 4.10. The molecule has 3 rings (SSSR count). The van der Waals surface area contributed by atoms with Crippen molar-refractivity contribution in [2.45, 2.75) is 13.3 Å². The van der Waals surface area contributed by atoms with Gasteiger partial charge in [0.15, 0.2) is 0 Å². The Morgan fingerprint density at radius 2 is 1.69 bits per heavy atom. The number of nitrogens with one attached hydrogen (secondary N) is 3. The molecule has 0 aliphatic heterocycles. The van der Waals surface area contributed by atoms with Crippen LogP contribution in [0.15, 0.2) is 66.9 Å². The van der Waals surface area contributed by atoms with E-state index in [0.29, 0.717) is 29.3 Å². The molecule has 29 heavy (non-hydrogen) atoms. The Bertz CT molecular complexity index is 988. The Morgan fingerprint density at radius 1 is 0.966 bits per heavy atom. The van der Waals surface area contributed by atoms with Gasteiger partial charge in [0.05, 0.1) is 5.56 Å². The SMILES string of the molecule is CC(=O)Nc1cccc(NC(=O)c2ccc(NCCc3ccc(F)cc3)nc2)c1. The van der Waals surface area contributed by atoms with Gasteiger partial charge in [0.1, 0.15) is 11.6 Å². The number of anilines is 3. The Kier molecular flexibility index (Phi) is 6.52. The summed E-state index contributed by atoms with van der Waals surface area (Å²) in [5.74, 6) is -0.0778. The summed E-state index contributed by atoms with van der Waals surface area (Å²) in [6, 6.07) is 16.7. The van der Waals surface area contributed by atoms with Crippen molar-refractivity contribution in [3.63, 3.8) is 0 Å². The fraction of sp³-hybridized carbons (Fsp3) is 0.136. The fourth-order valence-electron chi connectivity index (χ4n) is 2.70. The van der Waals surface area contributed by atoms with E-state index in [1.165, 1.54) is 25.3 Å². The summed E-state index contributed by atoms with van der Waals surface area (Å²) in [7, 11) is 0. The molecule has 0 saturated carbocycles. The van der Waals surface area contributed by atoms with Crippen LogP contribution in [0.25, 0.3) is 0 Å². The standard InChI is InChI=1S/C22H21FN4O2/c1-15(28)26-19-3-2-4-20(13-19)27-22(29)17-7-10-21(25-14-17)24-12-11-16-5-8-18(23)9-6-16/h2-10,13-14H,11-12H2,1H3,(H,24,25)(H,26,28)(H,27,29). The second-order valence-electron chi connectivity index (χ2n) is 6.45. The fourth-order valence-corrected chi connectivity index (χ4v) is 2.70. The van der Waals surface area contributed by atoms with Gasteiger partial charge in [0.25, 0.3) is 5.91 Å². The Balaban J connectivity index is 1.53. The molecule has 0 atom stereocenters. The largest absolute Gasteiger partial charge is 0.370 e. The van der Waals surface area contributed by atoms with Crippen LogP contribution in [0, 0.1) is 5.82 Å². The van der Waals surface area contributed by atoms with Crippen molar-refractivity contribution in [2.75, 3.05) is 22.5 Å². The molecule has 1 aromatic heterocycles. The van der Waals surface area contributed by atoms with Crippen LogP contribution >= 0.6 is 0 Å². The summed E-state index contributed by atoms with van der Waals surface area (Å²) < 4.78 is 12.9. The summed E-state index contributed by atoms with van der Waals surface area (Å²) >= 11 is 0. The first kappa shape index (κ1) is 20.0. The van der Waals surface area contributed by atoms with E-state index < -0.39 is 0 Å². The van der Waals surface area contributed by atoms with Crippen molar-refractivity contribution in [3.8, 4) is 0 Å². The highest BCUT2D eigenvalue weighted by molar-refractivity contribution is 6.04. The maximum atomic E-state index is 12.9. The maximum Gasteiger partial charge on any atom is 0.257 e. The molecule has 3 N–H and O–H groups in total. The number of amides is 2. The highest BCUT2D eigenvalue weighted by Crippen LogP contribution is 2.16. The average molecular weight is 392 g/mol. The van der Waals surface area contributed by atoms with Crippen molar-refractivity contribution in [2.24, 2.45) is 0 Å². The van der Waals surface area contributed by atoms with Crippen molar-refractivity contribution in [1.29, 1.82) is 0 Å². The summed E-state index contributed by atoms with van der Waals surface area (Å²) in [6.45, 7) is 2.06. The molecule has 3 aromatic rings. The van der Waals surface area contributed by atoms with E-state index in [0.717, 1.165) is 12.0 Å². The molecule has 0 spiro atoms. The van der Waals surface area contributed by atoms with Crippen molar-refractivity contribution in [3.05, 3.63) is 83.8 Å². The zero-order chi connectivity index (χ0) is 20.6. The lowest BCUT2D eigenvalue weighted by molar-refractivity contribution is -0.114. The minimum absolute atomic E-state index is 0.180. The minimum Gasteiger partial charge on any atom is -0.370 e. The molecule has 0 unspecified atom stereocenters. The van der Waals surface area contributed by atoms with E-state index in [1.807, 2.05) is 0 Å². The maximum absolute atomic E-state index is 12.9. The monoisotopic (exact) mass is 392 g/mol. The zero-order valence-corrected chi connectivity index (χ0v) is 15.9. The van der Waals surface area contributed by atoms with E-state index in [2.05, 4.69) is 20.9 Å². The lowest BCUT2D eigenvalue weighted by Crippen LogP contribution is -2.13. The normalized spacial score (nSPS) is 10.3. The zero-order valence-electron chi connectivity index (χ0n) is 15.9. The first-order chi connectivity index (χ1) is 14.0. The first-order valence-electron chi connectivity index (χ1n) is 9.13. The Hall–Kier alpha value is -3.74. The Labute approximate surface area is 168 Å². The van der Waals surface area contributed by atoms with E-state index in [-0.39, 0.29) is 17.6 Å². The van der Waals surface area contributed by atoms with Gasteiger partial charge in [0.2, 0.25) is 5.91 Å². The summed E-state index contributed by atoms with van der Waals surface area (Å²) in [5.41, 5.74) is 2.62. The second kappa shape index (κ2) is 9.45. The van der Waals surface area contributed by atoms with Gasteiger partial charge in [-0.1, -0.05) is 18.2 Å². The molecule has 0 aliphatic carbocycles. The van der Waals surface area contributed by atoms with Gasteiger partial charge < -0.3 is 16.0 Å². The highest BCUT2D eigenvalue weighted by Gasteiger charge is 2.08. The lowest BCUT2D eigenvalue weighted by Gasteiger charge is -2.09. The van der Waals surface area contributed by atoms with Gasteiger partial charge >= 0.3 is 0 Å². The topological polar surface area (TPSA) is 83.1 Å². The minimum atomic E-state index is -0.296. The molecule has 0 radical (unpaired) electrons. The van der Waals surface area contributed by atoms with E-state index >= 15 is 0 Å². The van der Waals surface area contributed by atoms with Crippen LogP contribution in [0.5, 0.6) is 0 Å². The van der Waals surface area contributed by atoms with Crippen LogP contribution in [-0.4, -0.2) is 23.3 Å². The number of nitrogens with zero attached hydrogens (tertiary/aromatic N) is 1. The van der Waals surface area contributed by atoms with E-state index in [4.69, 9.17) is 0 Å². The van der Waals surface area contributed by atoms with Crippen LogP contribution in [0.2, 0.25) is 0 Å². The van der Waals surface area contributed by atoms with Crippen LogP contribution in [-0.2, 0) is 11.2 Å². The molecule has 1 heterocycles. The van der Waals surface area contributed by atoms with Gasteiger partial charge in [-0.2, -0.15) is 0 Å². The van der Waals surface area contributed by atoms with Crippen LogP contribution < -0.4 is 16.0 Å². The highest BCUT2D eigenvalue weighted by atomic mass is 19.1. The number of rotatable bonds is 7. The van der Waals surface area contributed by atoms with Crippen LogP contribution in [0.4, 0.5) is 21.6 Å². The van der Waals surface area contributed by atoms with Crippen molar-refractivity contribution < 1.29 is 14.0 Å². The smallest absolute Gasteiger partial charge is 0.257 e. The molecular formula is C22H21FN4O2. The van der Waals surface area contributed by atoms with Crippen LogP contribution in [0.1, 0.15) is 22.8 Å². The number of benzene rings is 2. The molecule has 2 amide bonds. The third-order valence-electron chi connectivity index (χ3n) is 4.10. The third kappa shape index (κ3) is 6.14. The summed E-state index contributed by atoms with van der Waals surface area (Å²) in [6.07, 6.45) is 2.22. The van der Waals surface area contributed by atoms with E-state index in [1.54, 1.807) is 48.5 Å². The predicted molar refractivity (Wildman–Crippen MR) is 112 cm³/mol. The molecule has 0 aliphatic rings. The molecule has 6 nitrogen and oxygen atoms in total. The van der Waals surface area contributed by atoms with Gasteiger partial charge in [-0.3, -0.25) is 9.59 Å². The van der Waals surface area contributed by atoms with Gasteiger partial charge in [-0.05, 0) is 54.4 Å². The molecule has 0 bridgehead atoms. The summed E-state index contributed by atoms with van der Waals surface area (Å²) in [5, 5.41) is 8.62. The lowest BCUT2D eigenvalue weighted by atomic mass is 10.1.